The molecule has 1 amide bonds. The average Bonchev–Trinajstić information content (AvgIpc) is 2.63. The molecular weight excluding hydrogens is 290 g/mol. The van der Waals surface area contributed by atoms with Crippen molar-refractivity contribution in [3.8, 4) is 0 Å². The summed E-state index contributed by atoms with van der Waals surface area (Å²) in [4.78, 5) is 16.1. The van der Waals surface area contributed by atoms with E-state index < -0.39 is 0 Å². The van der Waals surface area contributed by atoms with Gasteiger partial charge in [-0.1, -0.05) is 19.3 Å². The minimum atomic E-state index is 0.0662. The third-order valence-corrected chi connectivity index (χ3v) is 4.11. The highest BCUT2D eigenvalue weighted by molar-refractivity contribution is 5.91. The number of hydrogen-bond acceptors (Lipinski definition) is 5. The van der Waals surface area contributed by atoms with Gasteiger partial charge in [-0.05, 0) is 42.7 Å². The van der Waals surface area contributed by atoms with Crippen molar-refractivity contribution in [2.45, 2.75) is 38.6 Å². The lowest BCUT2D eigenvalue weighted by Crippen LogP contribution is -2.25. The zero-order valence-corrected chi connectivity index (χ0v) is 13.0. The molecule has 0 aromatic carbocycles. The Kier molecular flexibility index (Phi) is 5.13. The Labute approximate surface area is 135 Å². The van der Waals surface area contributed by atoms with Gasteiger partial charge in [-0.3, -0.25) is 9.78 Å². The molecule has 0 spiro atoms. The standard InChI is InChI=1S/C17H21N5O/c23-17(14-4-2-1-3-5-14)20-16-7-6-15(21-22-16)19-12-13-8-10-18-11-9-13/h6-11,14H,1-5,12H2,(H,19,21)(H,20,22,23). The average molecular weight is 311 g/mol. The highest BCUT2D eigenvalue weighted by Gasteiger charge is 2.21. The quantitative estimate of drug-likeness (QED) is 0.887. The van der Waals surface area contributed by atoms with Crippen LogP contribution in [-0.2, 0) is 11.3 Å². The first kappa shape index (κ1) is 15.4. The zero-order valence-electron chi connectivity index (χ0n) is 13.0. The molecule has 2 N–H and O–H groups in total. The highest BCUT2D eigenvalue weighted by atomic mass is 16.1. The van der Waals surface area contributed by atoms with E-state index in [9.17, 15) is 4.79 Å². The molecule has 3 rings (SSSR count). The highest BCUT2D eigenvalue weighted by Crippen LogP contribution is 2.24. The van der Waals surface area contributed by atoms with Gasteiger partial charge in [0.15, 0.2) is 5.82 Å². The summed E-state index contributed by atoms with van der Waals surface area (Å²) in [6.07, 6.45) is 8.99. The summed E-state index contributed by atoms with van der Waals surface area (Å²) in [5, 5.41) is 14.2. The summed E-state index contributed by atoms with van der Waals surface area (Å²) in [5.74, 6) is 1.37. The molecule has 0 unspecified atom stereocenters. The van der Waals surface area contributed by atoms with Gasteiger partial charge in [0.2, 0.25) is 5.91 Å². The number of anilines is 2. The third kappa shape index (κ3) is 4.48. The molecule has 1 aliphatic rings. The summed E-state index contributed by atoms with van der Waals surface area (Å²) in [5.41, 5.74) is 1.12. The first-order chi connectivity index (χ1) is 11.3. The van der Waals surface area contributed by atoms with Gasteiger partial charge in [-0.2, -0.15) is 0 Å². The monoisotopic (exact) mass is 311 g/mol. The zero-order chi connectivity index (χ0) is 15.9. The molecule has 6 nitrogen and oxygen atoms in total. The Morgan fingerprint density at radius 3 is 2.39 bits per heavy atom. The number of pyridine rings is 1. The van der Waals surface area contributed by atoms with E-state index in [-0.39, 0.29) is 11.8 Å². The van der Waals surface area contributed by atoms with E-state index in [0.29, 0.717) is 18.2 Å². The maximum absolute atomic E-state index is 12.2. The normalized spacial score (nSPS) is 15.1. The Balaban J connectivity index is 1.51. The van der Waals surface area contributed by atoms with Crippen LogP contribution in [-0.4, -0.2) is 21.1 Å². The van der Waals surface area contributed by atoms with Crippen LogP contribution < -0.4 is 10.6 Å². The van der Waals surface area contributed by atoms with Crippen LogP contribution in [0.5, 0.6) is 0 Å². The molecule has 2 aromatic heterocycles. The number of rotatable bonds is 5. The Bertz CT molecular complexity index is 623. The SMILES string of the molecule is O=C(Nc1ccc(NCc2ccncc2)nn1)C1CCCCC1. The largest absolute Gasteiger partial charge is 0.365 e. The van der Waals surface area contributed by atoms with Gasteiger partial charge in [-0.25, -0.2) is 0 Å². The van der Waals surface area contributed by atoms with Crippen LogP contribution >= 0.6 is 0 Å². The van der Waals surface area contributed by atoms with Crippen LogP contribution in [0.4, 0.5) is 11.6 Å². The molecular formula is C17H21N5O. The first-order valence-corrected chi connectivity index (χ1v) is 8.08. The van der Waals surface area contributed by atoms with Gasteiger partial charge in [0.1, 0.15) is 5.82 Å². The van der Waals surface area contributed by atoms with Gasteiger partial charge in [0.05, 0.1) is 0 Å². The number of carbonyl (C=O) groups is 1. The molecule has 0 saturated heterocycles. The van der Waals surface area contributed by atoms with Gasteiger partial charge in [0.25, 0.3) is 0 Å². The van der Waals surface area contributed by atoms with Crippen molar-refractivity contribution in [3.05, 3.63) is 42.2 Å². The number of aromatic nitrogens is 3. The van der Waals surface area contributed by atoms with Crippen LogP contribution in [0, 0.1) is 5.92 Å². The minimum Gasteiger partial charge on any atom is -0.365 e. The molecule has 0 atom stereocenters. The molecule has 23 heavy (non-hydrogen) atoms. The lowest BCUT2D eigenvalue weighted by Gasteiger charge is -2.20. The summed E-state index contributed by atoms with van der Waals surface area (Å²) in [6.45, 7) is 0.658. The molecule has 120 valence electrons. The molecule has 2 heterocycles. The fourth-order valence-corrected chi connectivity index (χ4v) is 2.78. The second kappa shape index (κ2) is 7.67. The van der Waals surface area contributed by atoms with E-state index in [1.807, 2.05) is 18.2 Å². The summed E-state index contributed by atoms with van der Waals surface area (Å²) < 4.78 is 0. The Morgan fingerprint density at radius 2 is 1.70 bits per heavy atom. The van der Waals surface area contributed by atoms with Crippen molar-refractivity contribution < 1.29 is 4.79 Å². The predicted molar refractivity (Wildman–Crippen MR) is 88.8 cm³/mol. The van der Waals surface area contributed by atoms with Crippen molar-refractivity contribution in [2.75, 3.05) is 10.6 Å². The van der Waals surface area contributed by atoms with Gasteiger partial charge >= 0.3 is 0 Å². The summed E-state index contributed by atoms with van der Waals surface area (Å²) in [7, 11) is 0. The Hall–Kier alpha value is -2.50. The van der Waals surface area contributed by atoms with Crippen molar-refractivity contribution in [3.63, 3.8) is 0 Å². The van der Waals surface area contributed by atoms with E-state index in [0.717, 1.165) is 31.2 Å². The number of amides is 1. The van der Waals surface area contributed by atoms with Gasteiger partial charge in [0, 0.05) is 24.9 Å². The molecule has 1 saturated carbocycles. The van der Waals surface area contributed by atoms with Crippen LogP contribution in [0.15, 0.2) is 36.7 Å². The number of nitrogens with one attached hydrogen (secondary N) is 2. The van der Waals surface area contributed by atoms with E-state index in [2.05, 4.69) is 25.8 Å². The number of hydrogen-bond donors (Lipinski definition) is 2. The van der Waals surface area contributed by atoms with Crippen molar-refractivity contribution in [1.82, 2.24) is 15.2 Å². The molecule has 1 aliphatic carbocycles. The van der Waals surface area contributed by atoms with Crippen LogP contribution in [0.1, 0.15) is 37.7 Å². The lowest BCUT2D eigenvalue weighted by molar-refractivity contribution is -0.120. The molecule has 0 radical (unpaired) electrons. The topological polar surface area (TPSA) is 79.8 Å². The van der Waals surface area contributed by atoms with Gasteiger partial charge < -0.3 is 10.6 Å². The molecule has 6 heteroatoms. The smallest absolute Gasteiger partial charge is 0.228 e. The number of carbonyl (C=O) groups excluding carboxylic acids is 1. The fourth-order valence-electron chi connectivity index (χ4n) is 2.78. The van der Waals surface area contributed by atoms with Crippen LogP contribution in [0.2, 0.25) is 0 Å². The first-order valence-electron chi connectivity index (χ1n) is 8.08. The van der Waals surface area contributed by atoms with Crippen molar-refractivity contribution >= 4 is 17.5 Å². The second-order valence-electron chi connectivity index (χ2n) is 5.84. The van der Waals surface area contributed by atoms with Crippen LogP contribution in [0.3, 0.4) is 0 Å². The summed E-state index contributed by atoms with van der Waals surface area (Å²) >= 11 is 0. The Morgan fingerprint density at radius 1 is 1.00 bits per heavy atom. The fraction of sp³-hybridized carbons (Fsp3) is 0.412. The number of nitrogens with zero attached hydrogens (tertiary/aromatic N) is 3. The third-order valence-electron chi connectivity index (χ3n) is 4.11. The predicted octanol–water partition coefficient (Wildman–Crippen LogP) is 3.00. The molecule has 0 bridgehead atoms. The molecule has 2 aromatic rings. The minimum absolute atomic E-state index is 0.0662. The molecule has 1 fully saturated rings. The second-order valence-corrected chi connectivity index (χ2v) is 5.84. The maximum Gasteiger partial charge on any atom is 0.228 e. The van der Waals surface area contributed by atoms with E-state index in [1.54, 1.807) is 18.5 Å². The van der Waals surface area contributed by atoms with E-state index >= 15 is 0 Å². The maximum atomic E-state index is 12.2. The van der Waals surface area contributed by atoms with Crippen molar-refractivity contribution in [2.24, 2.45) is 5.92 Å². The lowest BCUT2D eigenvalue weighted by atomic mass is 9.89. The summed E-state index contributed by atoms with van der Waals surface area (Å²) in [6, 6.07) is 7.49. The van der Waals surface area contributed by atoms with Crippen molar-refractivity contribution in [1.29, 1.82) is 0 Å². The molecule has 0 aliphatic heterocycles. The van der Waals surface area contributed by atoms with E-state index in [4.69, 9.17) is 0 Å². The van der Waals surface area contributed by atoms with Crippen LogP contribution in [0.25, 0.3) is 0 Å². The van der Waals surface area contributed by atoms with E-state index in [1.165, 1.54) is 6.42 Å². The van der Waals surface area contributed by atoms with Gasteiger partial charge in [-0.15, -0.1) is 10.2 Å².